The van der Waals surface area contributed by atoms with E-state index in [9.17, 15) is 5.11 Å². The van der Waals surface area contributed by atoms with Gasteiger partial charge in [0.2, 0.25) is 0 Å². The zero-order valence-electron chi connectivity index (χ0n) is 10.8. The molecule has 0 aliphatic rings. The van der Waals surface area contributed by atoms with E-state index in [1.54, 1.807) is 6.20 Å². The number of nitrogens with one attached hydrogen (secondary N) is 1. The molecule has 0 spiro atoms. The van der Waals surface area contributed by atoms with Crippen LogP contribution >= 0.6 is 0 Å². The molecular weight excluding hydrogens is 214 g/mol. The lowest BCUT2D eigenvalue weighted by Gasteiger charge is -2.20. The standard InChI is InChI=1S/C13H23N3O/c1-3-7-14-9-13(17)11-16(2)10-12-6-4-5-8-15-12/h4-6,8,13-14,17H,3,7,9-11H2,1-2H3. The molecule has 0 radical (unpaired) electrons. The van der Waals surface area contributed by atoms with Crippen LogP contribution in [0.1, 0.15) is 19.0 Å². The number of aromatic nitrogens is 1. The number of hydrogen-bond acceptors (Lipinski definition) is 4. The van der Waals surface area contributed by atoms with Gasteiger partial charge in [0.25, 0.3) is 0 Å². The van der Waals surface area contributed by atoms with Crippen molar-refractivity contribution in [3.8, 4) is 0 Å². The van der Waals surface area contributed by atoms with Crippen LogP contribution in [0.2, 0.25) is 0 Å². The number of pyridine rings is 1. The van der Waals surface area contributed by atoms with E-state index in [2.05, 4.69) is 22.1 Å². The SMILES string of the molecule is CCCNCC(O)CN(C)Cc1ccccn1. The quantitative estimate of drug-likeness (QED) is 0.659. The first-order chi connectivity index (χ1) is 8.22. The fourth-order valence-corrected chi connectivity index (χ4v) is 1.70. The first-order valence-corrected chi connectivity index (χ1v) is 6.19. The van der Waals surface area contributed by atoms with Crippen LogP contribution in [-0.4, -0.2) is 47.8 Å². The lowest BCUT2D eigenvalue weighted by Crippen LogP contribution is -2.36. The summed E-state index contributed by atoms with van der Waals surface area (Å²) in [6.45, 7) is 5.16. The van der Waals surface area contributed by atoms with E-state index in [4.69, 9.17) is 0 Å². The van der Waals surface area contributed by atoms with Crippen LogP contribution < -0.4 is 5.32 Å². The van der Waals surface area contributed by atoms with Gasteiger partial charge in [-0.15, -0.1) is 0 Å². The predicted molar refractivity (Wildman–Crippen MR) is 69.7 cm³/mol. The van der Waals surface area contributed by atoms with E-state index in [0.717, 1.165) is 25.2 Å². The second-order valence-corrected chi connectivity index (χ2v) is 4.38. The summed E-state index contributed by atoms with van der Waals surface area (Å²) in [4.78, 5) is 6.35. The van der Waals surface area contributed by atoms with Gasteiger partial charge in [-0.1, -0.05) is 13.0 Å². The average Bonchev–Trinajstić information content (AvgIpc) is 2.30. The number of aliphatic hydroxyl groups excluding tert-OH is 1. The molecule has 1 rings (SSSR count). The monoisotopic (exact) mass is 237 g/mol. The highest BCUT2D eigenvalue weighted by atomic mass is 16.3. The summed E-state index contributed by atoms with van der Waals surface area (Å²) < 4.78 is 0. The minimum absolute atomic E-state index is 0.324. The molecular formula is C13H23N3O. The van der Waals surface area contributed by atoms with E-state index >= 15 is 0 Å². The van der Waals surface area contributed by atoms with Crippen molar-refractivity contribution in [2.24, 2.45) is 0 Å². The highest BCUT2D eigenvalue weighted by Gasteiger charge is 2.08. The van der Waals surface area contributed by atoms with Gasteiger partial charge in [-0.25, -0.2) is 0 Å². The highest BCUT2D eigenvalue weighted by Crippen LogP contribution is 1.99. The van der Waals surface area contributed by atoms with Crippen LogP contribution in [0.15, 0.2) is 24.4 Å². The van der Waals surface area contributed by atoms with Gasteiger partial charge in [-0.05, 0) is 32.1 Å². The fourth-order valence-electron chi connectivity index (χ4n) is 1.70. The van der Waals surface area contributed by atoms with Crippen LogP contribution in [0.3, 0.4) is 0 Å². The van der Waals surface area contributed by atoms with Crippen molar-refractivity contribution in [2.45, 2.75) is 26.0 Å². The molecule has 0 saturated heterocycles. The number of hydrogen-bond donors (Lipinski definition) is 2. The van der Waals surface area contributed by atoms with E-state index in [1.807, 2.05) is 25.2 Å². The smallest absolute Gasteiger partial charge is 0.0791 e. The minimum atomic E-state index is -0.324. The van der Waals surface area contributed by atoms with Crippen molar-refractivity contribution < 1.29 is 5.11 Å². The highest BCUT2D eigenvalue weighted by molar-refractivity contribution is 5.03. The van der Waals surface area contributed by atoms with Gasteiger partial charge in [0.1, 0.15) is 0 Å². The van der Waals surface area contributed by atoms with Gasteiger partial charge in [-0.3, -0.25) is 9.88 Å². The summed E-state index contributed by atoms with van der Waals surface area (Å²) in [7, 11) is 2.00. The minimum Gasteiger partial charge on any atom is -0.390 e. The summed E-state index contributed by atoms with van der Waals surface area (Å²) in [5.74, 6) is 0. The van der Waals surface area contributed by atoms with E-state index < -0.39 is 0 Å². The molecule has 0 fully saturated rings. The van der Waals surface area contributed by atoms with Crippen LogP contribution in [0.4, 0.5) is 0 Å². The molecule has 1 aromatic heterocycles. The number of likely N-dealkylation sites (N-methyl/N-ethyl adjacent to an activating group) is 1. The van der Waals surface area contributed by atoms with Crippen molar-refractivity contribution in [3.05, 3.63) is 30.1 Å². The predicted octanol–water partition coefficient (Wildman–Crippen LogP) is 0.874. The van der Waals surface area contributed by atoms with Crippen molar-refractivity contribution in [2.75, 3.05) is 26.7 Å². The molecule has 4 heteroatoms. The molecule has 1 aromatic rings. The zero-order chi connectivity index (χ0) is 12.5. The Kier molecular flexibility index (Phi) is 6.77. The Bertz CT molecular complexity index is 292. The summed E-state index contributed by atoms with van der Waals surface area (Å²) in [5, 5.41) is 13.0. The van der Waals surface area contributed by atoms with Gasteiger partial charge in [0.15, 0.2) is 0 Å². The third-order valence-electron chi connectivity index (χ3n) is 2.49. The Hall–Kier alpha value is -0.970. The fraction of sp³-hybridized carbons (Fsp3) is 0.615. The molecule has 0 saturated carbocycles. The molecule has 17 heavy (non-hydrogen) atoms. The maximum atomic E-state index is 9.80. The summed E-state index contributed by atoms with van der Waals surface area (Å²) >= 11 is 0. The lowest BCUT2D eigenvalue weighted by atomic mass is 10.3. The molecule has 0 aliphatic heterocycles. The van der Waals surface area contributed by atoms with Gasteiger partial charge >= 0.3 is 0 Å². The Morgan fingerprint density at radius 2 is 2.29 bits per heavy atom. The largest absolute Gasteiger partial charge is 0.390 e. The molecule has 2 N–H and O–H groups in total. The molecule has 1 atom stereocenters. The molecule has 96 valence electrons. The number of aliphatic hydroxyl groups is 1. The number of rotatable bonds is 8. The van der Waals surface area contributed by atoms with Crippen LogP contribution in [0.5, 0.6) is 0 Å². The normalized spacial score (nSPS) is 12.9. The molecule has 1 unspecified atom stereocenters. The maximum Gasteiger partial charge on any atom is 0.0791 e. The van der Waals surface area contributed by atoms with E-state index in [0.29, 0.717) is 13.1 Å². The van der Waals surface area contributed by atoms with Gasteiger partial charge in [-0.2, -0.15) is 0 Å². The second-order valence-electron chi connectivity index (χ2n) is 4.38. The molecule has 0 bridgehead atoms. The third kappa shape index (κ3) is 6.36. The molecule has 0 aromatic carbocycles. The first kappa shape index (κ1) is 14.1. The van der Waals surface area contributed by atoms with Crippen molar-refractivity contribution in [3.63, 3.8) is 0 Å². The number of nitrogens with zero attached hydrogens (tertiary/aromatic N) is 2. The third-order valence-corrected chi connectivity index (χ3v) is 2.49. The van der Waals surface area contributed by atoms with Crippen molar-refractivity contribution >= 4 is 0 Å². The zero-order valence-corrected chi connectivity index (χ0v) is 10.8. The maximum absolute atomic E-state index is 9.80. The second kappa shape index (κ2) is 8.17. The average molecular weight is 237 g/mol. The Morgan fingerprint density at radius 3 is 2.94 bits per heavy atom. The molecule has 1 heterocycles. The summed E-state index contributed by atoms with van der Waals surface area (Å²) in [6.07, 6.45) is 2.56. The van der Waals surface area contributed by atoms with Gasteiger partial charge < -0.3 is 10.4 Å². The molecule has 0 aliphatic carbocycles. The Morgan fingerprint density at radius 1 is 1.47 bits per heavy atom. The Labute approximate surface area is 104 Å². The Balaban J connectivity index is 2.22. The van der Waals surface area contributed by atoms with Gasteiger partial charge in [0.05, 0.1) is 11.8 Å². The van der Waals surface area contributed by atoms with Crippen LogP contribution in [0, 0.1) is 0 Å². The van der Waals surface area contributed by atoms with Gasteiger partial charge in [0, 0.05) is 25.8 Å². The van der Waals surface area contributed by atoms with E-state index in [-0.39, 0.29) is 6.10 Å². The lowest BCUT2D eigenvalue weighted by molar-refractivity contribution is 0.121. The van der Waals surface area contributed by atoms with Crippen LogP contribution in [0.25, 0.3) is 0 Å². The summed E-state index contributed by atoms with van der Waals surface area (Å²) in [5.41, 5.74) is 1.03. The molecule has 4 nitrogen and oxygen atoms in total. The van der Waals surface area contributed by atoms with E-state index in [1.165, 1.54) is 0 Å². The van der Waals surface area contributed by atoms with Crippen LogP contribution in [-0.2, 0) is 6.54 Å². The first-order valence-electron chi connectivity index (χ1n) is 6.19. The summed E-state index contributed by atoms with van der Waals surface area (Å²) in [6, 6.07) is 5.89. The van der Waals surface area contributed by atoms with Crippen molar-refractivity contribution in [1.82, 2.24) is 15.2 Å². The molecule has 0 amide bonds. The topological polar surface area (TPSA) is 48.4 Å². The van der Waals surface area contributed by atoms with Crippen molar-refractivity contribution in [1.29, 1.82) is 0 Å².